The summed E-state index contributed by atoms with van der Waals surface area (Å²) in [6, 6.07) is 10.00. The van der Waals surface area contributed by atoms with Gasteiger partial charge in [-0.15, -0.1) is 0 Å². The Morgan fingerprint density at radius 3 is 2.21 bits per heavy atom. The number of carbonyl (C=O) groups is 3. The maximum atomic E-state index is 13.1. The highest BCUT2D eigenvalue weighted by molar-refractivity contribution is 6.31. The number of aliphatic carboxylic acids is 1. The highest BCUT2D eigenvalue weighted by atomic mass is 35.5. The molecule has 0 aliphatic carbocycles. The molecular formula is C20H20ClFN2O4. The smallest absolute Gasteiger partial charge is 0.326 e. The largest absolute Gasteiger partial charge is 0.480 e. The first-order chi connectivity index (χ1) is 13.3. The molecule has 2 aromatic rings. The minimum absolute atomic E-state index is 0.00984. The van der Waals surface area contributed by atoms with E-state index in [-0.39, 0.29) is 12.8 Å². The van der Waals surface area contributed by atoms with Gasteiger partial charge in [0.15, 0.2) is 0 Å². The summed E-state index contributed by atoms with van der Waals surface area (Å²) in [6.45, 7) is 1.25. The Morgan fingerprint density at radius 1 is 1.00 bits per heavy atom. The van der Waals surface area contributed by atoms with E-state index in [1.165, 1.54) is 31.2 Å². The first kappa shape index (κ1) is 21.4. The molecule has 0 bridgehead atoms. The van der Waals surface area contributed by atoms with Crippen molar-refractivity contribution in [1.82, 2.24) is 10.6 Å². The molecule has 0 saturated heterocycles. The van der Waals surface area contributed by atoms with E-state index >= 15 is 0 Å². The molecule has 0 aliphatic rings. The van der Waals surface area contributed by atoms with Crippen molar-refractivity contribution in [3.05, 3.63) is 70.5 Å². The van der Waals surface area contributed by atoms with Gasteiger partial charge < -0.3 is 15.7 Å². The molecule has 2 rings (SSSR count). The van der Waals surface area contributed by atoms with Crippen molar-refractivity contribution < 1.29 is 23.9 Å². The molecule has 0 spiro atoms. The van der Waals surface area contributed by atoms with Crippen LogP contribution in [0.4, 0.5) is 4.39 Å². The topological polar surface area (TPSA) is 95.5 Å². The molecule has 6 nitrogen and oxygen atoms in total. The lowest BCUT2D eigenvalue weighted by atomic mass is 10.0. The Morgan fingerprint density at radius 2 is 1.64 bits per heavy atom. The van der Waals surface area contributed by atoms with Crippen molar-refractivity contribution in [2.45, 2.75) is 31.8 Å². The molecule has 8 heteroatoms. The van der Waals surface area contributed by atoms with E-state index in [1.54, 1.807) is 24.3 Å². The van der Waals surface area contributed by atoms with Gasteiger partial charge in [0.25, 0.3) is 0 Å². The van der Waals surface area contributed by atoms with E-state index in [1.807, 2.05) is 0 Å². The average Bonchev–Trinajstić information content (AvgIpc) is 2.63. The second-order valence-corrected chi connectivity index (χ2v) is 6.69. The zero-order valence-electron chi connectivity index (χ0n) is 15.1. The molecule has 0 unspecified atom stereocenters. The van der Waals surface area contributed by atoms with Gasteiger partial charge in [0, 0.05) is 24.8 Å². The van der Waals surface area contributed by atoms with Gasteiger partial charge in [0.2, 0.25) is 11.8 Å². The highest BCUT2D eigenvalue weighted by Crippen LogP contribution is 2.17. The molecule has 0 heterocycles. The predicted octanol–water partition coefficient (Wildman–Crippen LogP) is 2.34. The van der Waals surface area contributed by atoms with Crippen LogP contribution in [0.2, 0.25) is 5.02 Å². The average molecular weight is 407 g/mol. The van der Waals surface area contributed by atoms with Crippen molar-refractivity contribution in [2.75, 3.05) is 0 Å². The van der Waals surface area contributed by atoms with E-state index in [4.69, 9.17) is 11.6 Å². The van der Waals surface area contributed by atoms with Gasteiger partial charge >= 0.3 is 5.97 Å². The lowest BCUT2D eigenvalue weighted by Crippen LogP contribution is -2.52. The Balaban J connectivity index is 2.14. The molecular weight excluding hydrogens is 387 g/mol. The standard InChI is InChI=1S/C20H20ClFN2O4/c1-12(25)23-17(10-13-6-8-15(22)9-7-13)19(26)24-18(20(27)28)11-14-4-2-3-5-16(14)21/h2-9,17-18H,10-11H2,1H3,(H,23,25)(H,24,26)(H,27,28)/t17-,18-/m0/s1. The molecule has 2 aromatic carbocycles. The van der Waals surface area contributed by atoms with Gasteiger partial charge in [-0.1, -0.05) is 41.9 Å². The van der Waals surface area contributed by atoms with Gasteiger partial charge in [-0.05, 0) is 29.3 Å². The van der Waals surface area contributed by atoms with E-state index < -0.39 is 35.7 Å². The van der Waals surface area contributed by atoms with Crippen LogP contribution in [0.3, 0.4) is 0 Å². The third-order valence-corrected chi connectivity index (χ3v) is 4.41. The van der Waals surface area contributed by atoms with Gasteiger partial charge in [0.1, 0.15) is 17.9 Å². The Bertz CT molecular complexity index is 858. The lowest BCUT2D eigenvalue weighted by molar-refractivity contribution is -0.142. The van der Waals surface area contributed by atoms with Crippen LogP contribution >= 0.6 is 11.6 Å². The van der Waals surface area contributed by atoms with E-state index in [0.29, 0.717) is 16.1 Å². The second-order valence-electron chi connectivity index (χ2n) is 6.28. The molecule has 0 aromatic heterocycles. The number of benzene rings is 2. The molecule has 0 saturated carbocycles. The summed E-state index contributed by atoms with van der Waals surface area (Å²) in [4.78, 5) is 35.7. The van der Waals surface area contributed by atoms with Crippen molar-refractivity contribution in [3.63, 3.8) is 0 Å². The van der Waals surface area contributed by atoms with Gasteiger partial charge in [0.05, 0.1) is 0 Å². The lowest BCUT2D eigenvalue weighted by Gasteiger charge is -2.21. The number of nitrogens with one attached hydrogen (secondary N) is 2. The molecule has 0 aliphatic heterocycles. The fourth-order valence-corrected chi connectivity index (χ4v) is 2.88. The summed E-state index contributed by atoms with van der Waals surface area (Å²) in [5.41, 5.74) is 1.19. The SMILES string of the molecule is CC(=O)N[C@@H](Cc1ccc(F)cc1)C(=O)N[C@@H](Cc1ccccc1Cl)C(=O)O. The molecule has 2 atom stereocenters. The van der Waals surface area contributed by atoms with Crippen LogP contribution in [-0.2, 0) is 27.2 Å². The molecule has 2 amide bonds. The summed E-state index contributed by atoms with van der Waals surface area (Å²) in [7, 11) is 0. The summed E-state index contributed by atoms with van der Waals surface area (Å²) in [5, 5.41) is 14.8. The minimum Gasteiger partial charge on any atom is -0.480 e. The number of carboxylic acid groups (broad SMARTS) is 1. The normalized spacial score (nSPS) is 12.7. The second kappa shape index (κ2) is 9.85. The number of hydrogen-bond donors (Lipinski definition) is 3. The van der Waals surface area contributed by atoms with E-state index in [9.17, 15) is 23.9 Å². The Hall–Kier alpha value is -2.93. The zero-order chi connectivity index (χ0) is 20.7. The van der Waals surface area contributed by atoms with Crippen molar-refractivity contribution in [3.8, 4) is 0 Å². The van der Waals surface area contributed by atoms with Crippen LogP contribution in [0, 0.1) is 5.82 Å². The van der Waals surface area contributed by atoms with Crippen LogP contribution in [0.15, 0.2) is 48.5 Å². The van der Waals surface area contributed by atoms with Crippen LogP contribution < -0.4 is 10.6 Å². The Labute approximate surface area is 166 Å². The first-order valence-corrected chi connectivity index (χ1v) is 8.92. The molecule has 0 radical (unpaired) electrons. The van der Waals surface area contributed by atoms with Gasteiger partial charge in [-0.25, -0.2) is 9.18 Å². The van der Waals surface area contributed by atoms with Crippen LogP contribution in [0.1, 0.15) is 18.1 Å². The van der Waals surface area contributed by atoms with Crippen molar-refractivity contribution in [2.24, 2.45) is 0 Å². The number of rotatable bonds is 8. The molecule has 0 fully saturated rings. The molecule has 3 N–H and O–H groups in total. The summed E-state index contributed by atoms with van der Waals surface area (Å²) < 4.78 is 13.1. The highest BCUT2D eigenvalue weighted by Gasteiger charge is 2.27. The maximum absolute atomic E-state index is 13.1. The molecule has 28 heavy (non-hydrogen) atoms. The summed E-state index contributed by atoms with van der Waals surface area (Å²) in [5.74, 6) is -2.74. The fourth-order valence-electron chi connectivity index (χ4n) is 2.67. The maximum Gasteiger partial charge on any atom is 0.326 e. The molecule has 148 valence electrons. The van der Waals surface area contributed by atoms with Crippen LogP contribution in [-0.4, -0.2) is 35.0 Å². The van der Waals surface area contributed by atoms with Gasteiger partial charge in [-0.2, -0.15) is 0 Å². The fraction of sp³-hybridized carbons (Fsp3) is 0.250. The summed E-state index contributed by atoms with van der Waals surface area (Å²) in [6.07, 6.45) is 0.0776. The first-order valence-electron chi connectivity index (χ1n) is 8.54. The third kappa shape index (κ3) is 6.35. The zero-order valence-corrected chi connectivity index (χ0v) is 15.9. The van der Waals surface area contributed by atoms with Crippen LogP contribution in [0.25, 0.3) is 0 Å². The van der Waals surface area contributed by atoms with Crippen LogP contribution in [0.5, 0.6) is 0 Å². The number of carboxylic acids is 1. The third-order valence-electron chi connectivity index (χ3n) is 4.04. The number of amides is 2. The predicted molar refractivity (Wildman–Crippen MR) is 102 cm³/mol. The quantitative estimate of drug-likeness (QED) is 0.627. The Kier molecular flexibility index (Phi) is 7.52. The number of carbonyl (C=O) groups excluding carboxylic acids is 2. The summed E-state index contributed by atoms with van der Waals surface area (Å²) >= 11 is 6.07. The number of hydrogen-bond acceptors (Lipinski definition) is 3. The number of halogens is 2. The van der Waals surface area contributed by atoms with Crippen molar-refractivity contribution >= 4 is 29.4 Å². The van der Waals surface area contributed by atoms with E-state index in [2.05, 4.69) is 10.6 Å². The van der Waals surface area contributed by atoms with Gasteiger partial charge in [-0.3, -0.25) is 9.59 Å². The van der Waals surface area contributed by atoms with Crippen molar-refractivity contribution in [1.29, 1.82) is 0 Å². The minimum atomic E-state index is -1.23. The monoisotopic (exact) mass is 406 g/mol. The van der Waals surface area contributed by atoms with E-state index in [0.717, 1.165) is 0 Å².